The third-order valence-electron chi connectivity index (χ3n) is 8.96. The van der Waals surface area contributed by atoms with Crippen molar-refractivity contribution < 1.29 is 4.74 Å². The highest BCUT2D eigenvalue weighted by Gasteiger charge is 2.39. The topological polar surface area (TPSA) is 9.23 Å². The summed E-state index contributed by atoms with van der Waals surface area (Å²) in [7, 11) is 0. The van der Waals surface area contributed by atoms with Gasteiger partial charge in [0, 0.05) is 23.3 Å². The maximum Gasteiger partial charge on any atom is 0.124 e. The van der Waals surface area contributed by atoms with Crippen molar-refractivity contribution in [2.75, 3.05) is 0 Å². The Morgan fingerprint density at radius 2 is 1.18 bits per heavy atom. The van der Waals surface area contributed by atoms with Crippen LogP contribution in [0.1, 0.15) is 53.7 Å². The molecule has 0 fully saturated rings. The molecule has 0 aromatic heterocycles. The Kier molecular flexibility index (Phi) is 5.04. The normalized spacial score (nSPS) is 23.9. The van der Waals surface area contributed by atoms with E-state index in [1.807, 2.05) is 0 Å². The Morgan fingerprint density at radius 3 is 1.92 bits per heavy atom. The van der Waals surface area contributed by atoms with Crippen LogP contribution >= 0.6 is 0 Å². The maximum absolute atomic E-state index is 6.49. The minimum absolute atomic E-state index is 0.117. The summed E-state index contributed by atoms with van der Waals surface area (Å²) in [5.74, 6) is 2.14. The first-order valence-corrected chi connectivity index (χ1v) is 14.0. The Bertz CT molecular complexity index is 1750. The van der Waals surface area contributed by atoms with Crippen LogP contribution in [0.2, 0.25) is 0 Å². The summed E-state index contributed by atoms with van der Waals surface area (Å²) in [4.78, 5) is 0. The second-order valence-electron chi connectivity index (χ2n) is 11.0. The van der Waals surface area contributed by atoms with E-state index >= 15 is 0 Å². The predicted octanol–water partition coefficient (Wildman–Crippen LogP) is 9.72. The number of fused-ring (bicyclic) bond motifs is 7. The molecule has 4 unspecified atom stereocenters. The van der Waals surface area contributed by atoms with Crippen molar-refractivity contribution in [2.45, 2.75) is 43.1 Å². The van der Waals surface area contributed by atoms with Crippen LogP contribution < -0.4 is 4.74 Å². The molecule has 4 atom stereocenters. The summed E-state index contributed by atoms with van der Waals surface area (Å²) in [5, 5.41) is 8.23. The second-order valence-corrected chi connectivity index (χ2v) is 11.0. The van der Waals surface area contributed by atoms with Gasteiger partial charge < -0.3 is 4.74 Å². The average Bonchev–Trinajstić information content (AvgIpc) is 3.13. The van der Waals surface area contributed by atoms with Gasteiger partial charge in [0.25, 0.3) is 0 Å². The molecule has 0 radical (unpaired) electrons. The molecule has 38 heavy (non-hydrogen) atoms. The number of hydrogen-bond acceptors (Lipinski definition) is 1. The first-order valence-electron chi connectivity index (χ1n) is 14.0. The number of benzene rings is 5. The van der Waals surface area contributed by atoms with E-state index in [9.17, 15) is 0 Å². The minimum Gasteiger partial charge on any atom is -0.485 e. The molecule has 3 aliphatic rings. The van der Waals surface area contributed by atoms with Crippen molar-refractivity contribution in [1.82, 2.24) is 0 Å². The number of allylic oxidation sites excluding steroid dienone is 5. The van der Waals surface area contributed by atoms with Crippen LogP contribution in [0.25, 0.3) is 32.3 Å². The monoisotopic (exact) mass is 490 g/mol. The second kappa shape index (κ2) is 8.74. The van der Waals surface area contributed by atoms with Gasteiger partial charge >= 0.3 is 0 Å². The van der Waals surface area contributed by atoms with Crippen LogP contribution in [0.3, 0.4) is 0 Å². The Balaban J connectivity index is 1.33. The van der Waals surface area contributed by atoms with Gasteiger partial charge in [0.2, 0.25) is 0 Å². The molecule has 5 aromatic carbocycles. The average molecular weight is 491 g/mol. The van der Waals surface area contributed by atoms with Crippen LogP contribution in [0, 0.1) is 0 Å². The highest BCUT2D eigenvalue weighted by atomic mass is 16.5. The van der Waals surface area contributed by atoms with Crippen LogP contribution in [0.5, 0.6) is 5.75 Å². The summed E-state index contributed by atoms with van der Waals surface area (Å²) in [6, 6.07) is 31.4. The standard InChI is InChI=1S/C37H30O/c1-2-4-13-25(12-3-1)35-28-15-7-9-17-30(28)36(31-18-10-8-16-29(31)35)26-20-21-33-32(23-26)37-27-14-6-5-11-24(27)19-22-34(37)38-33/h1,3-11,13-22,25-26,32-33H,2,12,23H2. The summed E-state index contributed by atoms with van der Waals surface area (Å²) < 4.78 is 6.49. The molecule has 1 aliphatic heterocycles. The summed E-state index contributed by atoms with van der Waals surface area (Å²) in [6.07, 6.45) is 17.4. The van der Waals surface area contributed by atoms with E-state index < -0.39 is 0 Å². The third-order valence-corrected chi connectivity index (χ3v) is 8.96. The molecule has 0 N–H and O–H groups in total. The van der Waals surface area contributed by atoms with Gasteiger partial charge in [-0.2, -0.15) is 0 Å². The van der Waals surface area contributed by atoms with E-state index in [1.165, 1.54) is 49.0 Å². The van der Waals surface area contributed by atoms with Crippen molar-refractivity contribution >= 4 is 32.3 Å². The van der Waals surface area contributed by atoms with E-state index in [1.54, 1.807) is 0 Å². The van der Waals surface area contributed by atoms with Gasteiger partial charge in [-0.05, 0) is 74.8 Å². The van der Waals surface area contributed by atoms with Gasteiger partial charge in [-0.1, -0.05) is 109 Å². The molecule has 1 heterocycles. The van der Waals surface area contributed by atoms with Crippen molar-refractivity contribution in [1.29, 1.82) is 0 Å². The van der Waals surface area contributed by atoms with Gasteiger partial charge in [-0.25, -0.2) is 0 Å². The lowest BCUT2D eigenvalue weighted by Gasteiger charge is -2.29. The lowest BCUT2D eigenvalue weighted by atomic mass is 9.74. The summed E-state index contributed by atoms with van der Waals surface area (Å²) in [6.45, 7) is 0. The molecule has 1 nitrogen and oxygen atoms in total. The third kappa shape index (κ3) is 3.31. The van der Waals surface area contributed by atoms with Crippen LogP contribution in [0.15, 0.2) is 121 Å². The van der Waals surface area contributed by atoms with Crippen LogP contribution in [-0.4, -0.2) is 6.10 Å². The molecule has 0 bridgehead atoms. The fourth-order valence-electron chi connectivity index (χ4n) is 7.34. The van der Waals surface area contributed by atoms with Crippen molar-refractivity contribution in [3.8, 4) is 5.75 Å². The van der Waals surface area contributed by atoms with Gasteiger partial charge in [0.05, 0.1) is 0 Å². The van der Waals surface area contributed by atoms with Crippen LogP contribution in [-0.2, 0) is 0 Å². The predicted molar refractivity (Wildman–Crippen MR) is 159 cm³/mol. The molecule has 0 spiro atoms. The number of rotatable bonds is 2. The van der Waals surface area contributed by atoms with Gasteiger partial charge in [-0.15, -0.1) is 0 Å². The molecule has 8 rings (SSSR count). The highest BCUT2D eigenvalue weighted by Crippen LogP contribution is 2.52. The number of ether oxygens (including phenoxy) is 1. The molecule has 2 aliphatic carbocycles. The molecule has 0 amide bonds. The molecule has 1 heteroatoms. The van der Waals surface area contributed by atoms with Crippen molar-refractivity contribution in [3.63, 3.8) is 0 Å². The zero-order chi connectivity index (χ0) is 25.1. The highest BCUT2D eigenvalue weighted by molar-refractivity contribution is 6.07. The molecule has 0 saturated heterocycles. The lowest BCUT2D eigenvalue weighted by molar-refractivity contribution is 0.240. The maximum atomic E-state index is 6.49. The lowest BCUT2D eigenvalue weighted by Crippen LogP contribution is -2.22. The fourth-order valence-corrected chi connectivity index (χ4v) is 7.34. The smallest absolute Gasteiger partial charge is 0.124 e. The van der Waals surface area contributed by atoms with Crippen LogP contribution in [0.4, 0.5) is 0 Å². The zero-order valence-electron chi connectivity index (χ0n) is 21.4. The molecule has 0 saturated carbocycles. The van der Waals surface area contributed by atoms with E-state index in [0.717, 1.165) is 25.0 Å². The van der Waals surface area contributed by atoms with E-state index in [4.69, 9.17) is 4.74 Å². The van der Waals surface area contributed by atoms with E-state index in [-0.39, 0.29) is 6.10 Å². The zero-order valence-corrected chi connectivity index (χ0v) is 21.4. The van der Waals surface area contributed by atoms with Gasteiger partial charge in [0.1, 0.15) is 11.9 Å². The number of hydrogen-bond donors (Lipinski definition) is 0. The Morgan fingerprint density at radius 1 is 0.526 bits per heavy atom. The Labute approximate surface area is 223 Å². The summed E-state index contributed by atoms with van der Waals surface area (Å²) >= 11 is 0. The van der Waals surface area contributed by atoms with E-state index in [0.29, 0.717) is 17.8 Å². The largest absolute Gasteiger partial charge is 0.485 e. The Hall–Kier alpha value is -4.10. The summed E-state index contributed by atoms with van der Waals surface area (Å²) in [5.41, 5.74) is 4.33. The van der Waals surface area contributed by atoms with Crippen molar-refractivity contribution in [3.05, 3.63) is 138 Å². The first-order chi connectivity index (χ1) is 18.9. The van der Waals surface area contributed by atoms with Gasteiger partial charge in [0.15, 0.2) is 0 Å². The molecule has 5 aromatic rings. The molecular weight excluding hydrogens is 460 g/mol. The first kappa shape index (κ1) is 21.9. The SMILES string of the molecule is C1=CCC(c2c3ccccc3c(C3C=CC4Oc5ccc6ccccc6c5C4C3)c3ccccc23)C=CC1. The molecule has 184 valence electrons. The quantitative estimate of drug-likeness (QED) is 0.177. The fraction of sp³-hybridized carbons (Fsp3) is 0.189. The van der Waals surface area contributed by atoms with Crippen molar-refractivity contribution in [2.24, 2.45) is 0 Å². The van der Waals surface area contributed by atoms with E-state index in [2.05, 4.69) is 121 Å². The van der Waals surface area contributed by atoms with Gasteiger partial charge in [-0.3, -0.25) is 0 Å². The molecular formula is C37H30O. The minimum atomic E-state index is 0.117.